The van der Waals surface area contributed by atoms with Crippen LogP contribution in [0.15, 0.2) is 73.2 Å². The molecule has 0 saturated carbocycles. The monoisotopic (exact) mass is 440 g/mol. The third-order valence-corrected chi connectivity index (χ3v) is 5.37. The average molecular weight is 440 g/mol. The topological polar surface area (TPSA) is 81.5 Å². The molecule has 0 amide bonds. The van der Waals surface area contributed by atoms with Crippen molar-refractivity contribution in [2.24, 2.45) is 7.05 Å². The number of hydrogen-bond donors (Lipinski definition) is 1. The van der Waals surface area contributed by atoms with Crippen LogP contribution in [0.4, 0.5) is 4.39 Å². The van der Waals surface area contributed by atoms with Gasteiger partial charge in [0, 0.05) is 30.4 Å². The number of halogens is 1. The van der Waals surface area contributed by atoms with E-state index in [2.05, 4.69) is 25.4 Å². The number of nitrogens with one attached hydrogen (secondary N) is 1. The lowest BCUT2D eigenvalue weighted by Gasteiger charge is -2.14. The van der Waals surface area contributed by atoms with Gasteiger partial charge in [-0.3, -0.25) is 10.1 Å². The lowest BCUT2D eigenvalue weighted by atomic mass is 10.0. The Morgan fingerprint density at radius 2 is 1.85 bits per heavy atom. The number of rotatable bonds is 6. The first-order chi connectivity index (χ1) is 16.1. The number of aromatic amines is 1. The van der Waals surface area contributed by atoms with Gasteiger partial charge in [-0.25, -0.2) is 9.37 Å². The van der Waals surface area contributed by atoms with Crippen molar-refractivity contribution in [1.29, 1.82) is 0 Å². The Bertz CT molecular complexity index is 1410. The summed E-state index contributed by atoms with van der Waals surface area (Å²) in [6.45, 7) is 2.24. The van der Waals surface area contributed by atoms with Crippen molar-refractivity contribution in [3.05, 3.63) is 90.3 Å². The van der Waals surface area contributed by atoms with Gasteiger partial charge in [0.1, 0.15) is 29.6 Å². The van der Waals surface area contributed by atoms with Gasteiger partial charge in [0.05, 0.1) is 23.4 Å². The molecule has 1 N–H and O–H groups in total. The summed E-state index contributed by atoms with van der Waals surface area (Å²) in [6.07, 6.45) is 3.43. The molecule has 0 radical (unpaired) electrons. The van der Waals surface area contributed by atoms with E-state index in [9.17, 15) is 4.39 Å². The van der Waals surface area contributed by atoms with Crippen LogP contribution in [0, 0.1) is 12.7 Å². The van der Waals surface area contributed by atoms with Gasteiger partial charge >= 0.3 is 0 Å². The SMILES string of the molecule is Cc1[nH]nnc1-c1ccnc(-c2ncn(C)c2-c2ccc(F)cc2OCc2ccccc2)c1. The third kappa shape index (κ3) is 4.10. The van der Waals surface area contributed by atoms with Crippen molar-refractivity contribution >= 4 is 0 Å². The molecule has 5 aromatic rings. The molecular formula is C25H21FN6O. The molecule has 0 fully saturated rings. The van der Waals surface area contributed by atoms with E-state index in [0.29, 0.717) is 23.7 Å². The van der Waals surface area contributed by atoms with E-state index in [1.807, 2.05) is 61.0 Å². The summed E-state index contributed by atoms with van der Waals surface area (Å²) in [4.78, 5) is 9.14. The Labute approximate surface area is 189 Å². The molecule has 7 nitrogen and oxygen atoms in total. The average Bonchev–Trinajstić information content (AvgIpc) is 3.44. The van der Waals surface area contributed by atoms with E-state index in [4.69, 9.17) is 4.74 Å². The molecule has 0 spiro atoms. The zero-order valence-corrected chi connectivity index (χ0v) is 18.2. The van der Waals surface area contributed by atoms with E-state index in [1.165, 1.54) is 12.1 Å². The van der Waals surface area contributed by atoms with Crippen molar-refractivity contribution in [3.8, 4) is 39.7 Å². The number of benzene rings is 2. The molecule has 8 heteroatoms. The first-order valence-electron chi connectivity index (χ1n) is 10.4. The number of imidazole rings is 1. The highest BCUT2D eigenvalue weighted by molar-refractivity contribution is 5.81. The van der Waals surface area contributed by atoms with Crippen molar-refractivity contribution in [3.63, 3.8) is 0 Å². The van der Waals surface area contributed by atoms with Gasteiger partial charge in [0.2, 0.25) is 0 Å². The summed E-state index contributed by atoms with van der Waals surface area (Å²) < 4.78 is 22.1. The molecule has 0 aliphatic carbocycles. The Morgan fingerprint density at radius 1 is 1.00 bits per heavy atom. The fraction of sp³-hybridized carbons (Fsp3) is 0.120. The van der Waals surface area contributed by atoms with Crippen LogP contribution >= 0.6 is 0 Å². The van der Waals surface area contributed by atoms with Gasteiger partial charge in [-0.2, -0.15) is 0 Å². The standard InChI is InChI=1S/C25H21FN6O/c1-16-23(30-31-29-16)18-10-11-27-21(12-18)24-25(32(2)15-28-24)20-9-8-19(26)13-22(20)33-14-17-6-4-3-5-7-17/h3-13,15H,14H2,1-2H3,(H,29,30,31). The van der Waals surface area contributed by atoms with E-state index in [-0.39, 0.29) is 5.82 Å². The second-order valence-electron chi connectivity index (χ2n) is 7.68. The van der Waals surface area contributed by atoms with Gasteiger partial charge in [0.25, 0.3) is 0 Å². The summed E-state index contributed by atoms with van der Waals surface area (Å²) in [5.41, 5.74) is 6.33. The van der Waals surface area contributed by atoms with Gasteiger partial charge in [-0.05, 0) is 36.8 Å². The number of H-pyrrole nitrogens is 1. The van der Waals surface area contributed by atoms with Crippen molar-refractivity contribution in [1.82, 2.24) is 29.9 Å². The second kappa shape index (κ2) is 8.66. The van der Waals surface area contributed by atoms with Crippen LogP contribution in [-0.2, 0) is 13.7 Å². The first kappa shape index (κ1) is 20.6. The van der Waals surface area contributed by atoms with E-state index in [0.717, 1.165) is 33.8 Å². The number of nitrogens with zero attached hydrogens (tertiary/aromatic N) is 5. The summed E-state index contributed by atoms with van der Waals surface area (Å²) in [6, 6.07) is 18.1. The molecule has 2 aromatic carbocycles. The summed E-state index contributed by atoms with van der Waals surface area (Å²) in [7, 11) is 1.89. The van der Waals surface area contributed by atoms with E-state index in [1.54, 1.807) is 18.6 Å². The third-order valence-electron chi connectivity index (χ3n) is 5.37. The smallest absolute Gasteiger partial charge is 0.132 e. The van der Waals surface area contributed by atoms with Crippen LogP contribution in [0.3, 0.4) is 0 Å². The molecule has 3 heterocycles. The normalized spacial score (nSPS) is 11.0. The zero-order valence-electron chi connectivity index (χ0n) is 18.2. The number of aryl methyl sites for hydroxylation is 2. The van der Waals surface area contributed by atoms with Crippen molar-refractivity contribution in [2.45, 2.75) is 13.5 Å². The largest absolute Gasteiger partial charge is 0.488 e. The molecule has 33 heavy (non-hydrogen) atoms. The summed E-state index contributed by atoms with van der Waals surface area (Å²) in [5, 5.41) is 10.9. The molecule has 0 saturated heterocycles. The highest BCUT2D eigenvalue weighted by atomic mass is 19.1. The molecule has 0 aliphatic rings. The lowest BCUT2D eigenvalue weighted by Crippen LogP contribution is -2.00. The highest BCUT2D eigenvalue weighted by Gasteiger charge is 2.20. The molecule has 3 aromatic heterocycles. The highest BCUT2D eigenvalue weighted by Crippen LogP contribution is 2.37. The second-order valence-corrected chi connectivity index (χ2v) is 7.68. The Kier molecular flexibility index (Phi) is 5.40. The first-order valence-corrected chi connectivity index (χ1v) is 10.4. The van der Waals surface area contributed by atoms with Gasteiger partial charge in [-0.15, -0.1) is 5.10 Å². The van der Waals surface area contributed by atoms with E-state index < -0.39 is 0 Å². The van der Waals surface area contributed by atoms with Crippen LogP contribution in [0.1, 0.15) is 11.3 Å². The minimum atomic E-state index is -0.368. The van der Waals surface area contributed by atoms with Gasteiger partial charge in [-0.1, -0.05) is 35.5 Å². The molecule has 5 rings (SSSR count). The maximum Gasteiger partial charge on any atom is 0.132 e. The quantitative estimate of drug-likeness (QED) is 0.404. The molecule has 164 valence electrons. The van der Waals surface area contributed by atoms with Crippen molar-refractivity contribution < 1.29 is 9.13 Å². The van der Waals surface area contributed by atoms with Crippen LogP contribution in [0.25, 0.3) is 33.9 Å². The van der Waals surface area contributed by atoms with Gasteiger partial charge in [0.15, 0.2) is 0 Å². The Balaban J connectivity index is 1.56. The van der Waals surface area contributed by atoms with Crippen LogP contribution in [0.2, 0.25) is 0 Å². The fourth-order valence-electron chi connectivity index (χ4n) is 3.74. The van der Waals surface area contributed by atoms with Crippen molar-refractivity contribution in [2.75, 3.05) is 0 Å². The zero-order chi connectivity index (χ0) is 22.8. The van der Waals surface area contributed by atoms with Crippen LogP contribution < -0.4 is 4.74 Å². The number of aromatic nitrogens is 6. The molecule has 0 bridgehead atoms. The molecule has 0 unspecified atom stereocenters. The summed E-state index contributed by atoms with van der Waals surface area (Å²) in [5.74, 6) is 0.0689. The minimum Gasteiger partial charge on any atom is -0.488 e. The maximum atomic E-state index is 14.2. The van der Waals surface area contributed by atoms with Crippen LogP contribution in [0.5, 0.6) is 5.75 Å². The van der Waals surface area contributed by atoms with Gasteiger partial charge < -0.3 is 9.30 Å². The number of hydrogen-bond acceptors (Lipinski definition) is 5. The molecule has 0 atom stereocenters. The number of ether oxygens (including phenoxy) is 1. The number of pyridine rings is 1. The van der Waals surface area contributed by atoms with E-state index >= 15 is 0 Å². The van der Waals surface area contributed by atoms with Crippen LogP contribution in [-0.4, -0.2) is 29.9 Å². The molecule has 0 aliphatic heterocycles. The minimum absolute atomic E-state index is 0.323. The predicted octanol–water partition coefficient (Wildman–Crippen LogP) is 4.96. The molecular weight excluding hydrogens is 419 g/mol. The Morgan fingerprint density at radius 3 is 2.64 bits per heavy atom. The predicted molar refractivity (Wildman–Crippen MR) is 123 cm³/mol. The lowest BCUT2D eigenvalue weighted by molar-refractivity contribution is 0.306. The maximum absolute atomic E-state index is 14.2. The Hall–Kier alpha value is -4.33. The fourth-order valence-corrected chi connectivity index (χ4v) is 3.74. The summed E-state index contributed by atoms with van der Waals surface area (Å²) >= 11 is 0.